The van der Waals surface area contributed by atoms with Crippen LogP contribution in [0, 0.1) is 5.92 Å². The summed E-state index contributed by atoms with van der Waals surface area (Å²) in [7, 11) is 0. The van der Waals surface area contributed by atoms with Crippen LogP contribution in [-0.2, 0) is 16.0 Å². The smallest absolute Gasteiger partial charge is 0.243 e. The molecule has 0 aromatic heterocycles. The van der Waals surface area contributed by atoms with Crippen molar-refractivity contribution >= 4 is 27.7 Å². The highest BCUT2D eigenvalue weighted by Gasteiger charge is 2.55. The second-order valence-corrected chi connectivity index (χ2v) is 14.9. The lowest BCUT2D eigenvalue weighted by molar-refractivity contribution is -0.143. The van der Waals surface area contributed by atoms with Crippen LogP contribution in [0.15, 0.2) is 53.0 Å². The van der Waals surface area contributed by atoms with Gasteiger partial charge in [0.25, 0.3) is 0 Å². The second-order valence-electron chi connectivity index (χ2n) is 14.0. The average Bonchev–Trinajstić information content (AvgIpc) is 3.64. The standard InChI is InChI=1S/C35H47BrN4O4/c1-23(40-17-15-35(33(40)43)14-7-16-39(35)22-25-10-11-25)32(42)38-28(18-24-8-5-4-6-9-24)30(41)21-37-29-20-34(2,3)44-31-13-12-26(36)19-27(29)31/h4-6,8-9,12-13,19,23,25,28-30,37,41H,7,10-11,14-18,20-22H2,1-3H3,(H,38,42)/t23-,28-,29?,30-,35-/m0/s1. The third kappa shape index (κ3) is 6.71. The van der Waals surface area contributed by atoms with Gasteiger partial charge in [-0.2, -0.15) is 0 Å². The summed E-state index contributed by atoms with van der Waals surface area (Å²) in [6, 6.07) is 14.8. The van der Waals surface area contributed by atoms with Crippen molar-refractivity contribution in [3.8, 4) is 5.75 Å². The number of aliphatic hydroxyl groups is 1. The van der Waals surface area contributed by atoms with E-state index >= 15 is 0 Å². The number of hydrogen-bond donors (Lipinski definition) is 3. The highest BCUT2D eigenvalue weighted by molar-refractivity contribution is 9.10. The number of fused-ring (bicyclic) bond motifs is 1. The van der Waals surface area contributed by atoms with E-state index in [1.54, 1.807) is 4.90 Å². The second kappa shape index (κ2) is 12.7. The molecule has 6 rings (SSSR count). The molecule has 4 aliphatic rings. The Hall–Kier alpha value is -2.46. The summed E-state index contributed by atoms with van der Waals surface area (Å²) >= 11 is 3.58. The molecule has 2 saturated heterocycles. The van der Waals surface area contributed by atoms with Gasteiger partial charge in [-0.1, -0.05) is 46.3 Å². The molecule has 238 valence electrons. The van der Waals surface area contributed by atoms with Gasteiger partial charge in [0.2, 0.25) is 11.8 Å². The van der Waals surface area contributed by atoms with Gasteiger partial charge in [0, 0.05) is 42.1 Å². The number of halogens is 1. The van der Waals surface area contributed by atoms with Gasteiger partial charge in [0.15, 0.2) is 0 Å². The zero-order chi connectivity index (χ0) is 31.1. The van der Waals surface area contributed by atoms with Gasteiger partial charge < -0.3 is 25.4 Å². The minimum Gasteiger partial charge on any atom is -0.487 e. The molecule has 2 aromatic rings. The number of amides is 2. The lowest BCUT2D eigenvalue weighted by Gasteiger charge is -2.39. The fourth-order valence-corrected chi connectivity index (χ4v) is 7.88. The number of benzene rings is 2. The monoisotopic (exact) mass is 666 g/mol. The van der Waals surface area contributed by atoms with Crippen LogP contribution < -0.4 is 15.4 Å². The SMILES string of the molecule is C[C@@H](C(=O)N[C@@H](Cc1ccccc1)[C@@H](O)CNC1CC(C)(C)Oc2ccc(Br)cc21)N1CC[C@@]2(CCCN2CC2CC2)C1=O. The van der Waals surface area contributed by atoms with Crippen molar-refractivity contribution in [2.45, 2.75) is 101 Å². The fourth-order valence-electron chi connectivity index (χ4n) is 7.50. The van der Waals surface area contributed by atoms with E-state index in [1.165, 1.54) is 12.8 Å². The molecule has 9 heteroatoms. The fraction of sp³-hybridized carbons (Fsp3) is 0.600. The van der Waals surface area contributed by atoms with E-state index in [0.717, 1.165) is 66.0 Å². The molecule has 1 aliphatic carbocycles. The van der Waals surface area contributed by atoms with Gasteiger partial charge in [0.1, 0.15) is 22.9 Å². The molecular formula is C35H47BrN4O4. The lowest BCUT2D eigenvalue weighted by Crippen LogP contribution is -2.57. The van der Waals surface area contributed by atoms with Crippen LogP contribution in [0.2, 0.25) is 0 Å². The summed E-state index contributed by atoms with van der Waals surface area (Å²) in [5, 5.41) is 18.3. The highest BCUT2D eigenvalue weighted by Crippen LogP contribution is 2.43. The Bertz CT molecular complexity index is 1350. The maximum atomic E-state index is 13.9. The summed E-state index contributed by atoms with van der Waals surface area (Å²) < 4.78 is 7.20. The lowest BCUT2D eigenvalue weighted by atomic mass is 9.89. The molecule has 1 spiro atoms. The minimum absolute atomic E-state index is 0.0173. The summed E-state index contributed by atoms with van der Waals surface area (Å²) in [6.07, 6.45) is 5.61. The first-order valence-electron chi connectivity index (χ1n) is 16.3. The van der Waals surface area contributed by atoms with E-state index in [2.05, 4.69) is 51.4 Å². The zero-order valence-corrected chi connectivity index (χ0v) is 27.8. The maximum absolute atomic E-state index is 13.9. The van der Waals surface area contributed by atoms with Crippen LogP contribution >= 0.6 is 15.9 Å². The molecule has 44 heavy (non-hydrogen) atoms. The largest absolute Gasteiger partial charge is 0.487 e. The van der Waals surface area contributed by atoms with Gasteiger partial charge in [-0.25, -0.2) is 0 Å². The number of hydrogen-bond acceptors (Lipinski definition) is 6. The van der Waals surface area contributed by atoms with Crippen LogP contribution in [0.3, 0.4) is 0 Å². The van der Waals surface area contributed by atoms with E-state index in [1.807, 2.05) is 49.4 Å². The van der Waals surface area contributed by atoms with Gasteiger partial charge in [-0.3, -0.25) is 14.5 Å². The quantitative estimate of drug-likeness (QED) is 0.325. The van der Waals surface area contributed by atoms with E-state index in [0.29, 0.717) is 19.5 Å². The van der Waals surface area contributed by atoms with Crippen molar-refractivity contribution in [3.63, 3.8) is 0 Å². The van der Waals surface area contributed by atoms with Crippen LogP contribution in [0.4, 0.5) is 0 Å². The molecule has 8 nitrogen and oxygen atoms in total. The molecule has 2 aromatic carbocycles. The Morgan fingerprint density at radius 3 is 2.66 bits per heavy atom. The van der Waals surface area contributed by atoms with Crippen LogP contribution in [0.1, 0.15) is 76.5 Å². The van der Waals surface area contributed by atoms with E-state index in [9.17, 15) is 14.7 Å². The number of ether oxygens (including phenoxy) is 1. The van der Waals surface area contributed by atoms with Crippen LogP contribution in [0.5, 0.6) is 5.75 Å². The predicted octanol–water partition coefficient (Wildman–Crippen LogP) is 4.59. The van der Waals surface area contributed by atoms with E-state index in [-0.39, 0.29) is 23.5 Å². The Balaban J connectivity index is 1.14. The Kier molecular flexibility index (Phi) is 9.12. The van der Waals surface area contributed by atoms with Gasteiger partial charge >= 0.3 is 0 Å². The number of aliphatic hydroxyl groups excluding tert-OH is 1. The summed E-state index contributed by atoms with van der Waals surface area (Å²) in [4.78, 5) is 31.9. The van der Waals surface area contributed by atoms with Crippen molar-refractivity contribution in [2.24, 2.45) is 5.92 Å². The molecule has 3 fully saturated rings. The predicted molar refractivity (Wildman–Crippen MR) is 174 cm³/mol. The number of carbonyl (C=O) groups is 2. The number of nitrogens with zero attached hydrogens (tertiary/aromatic N) is 2. The number of carbonyl (C=O) groups excluding carboxylic acids is 2. The molecule has 0 radical (unpaired) electrons. The molecule has 1 unspecified atom stereocenters. The average molecular weight is 668 g/mol. The zero-order valence-electron chi connectivity index (χ0n) is 26.2. The maximum Gasteiger partial charge on any atom is 0.243 e. The first-order valence-corrected chi connectivity index (χ1v) is 17.1. The van der Waals surface area contributed by atoms with Crippen LogP contribution in [-0.4, -0.2) is 82.2 Å². The Labute approximate surface area is 270 Å². The summed E-state index contributed by atoms with van der Waals surface area (Å²) in [6.45, 7) is 8.84. The normalized spacial score (nSPS) is 26.7. The summed E-state index contributed by atoms with van der Waals surface area (Å²) in [5.74, 6) is 1.45. The van der Waals surface area contributed by atoms with Crippen molar-refractivity contribution in [1.29, 1.82) is 0 Å². The number of likely N-dealkylation sites (tertiary alicyclic amines) is 2. The Morgan fingerprint density at radius 2 is 1.91 bits per heavy atom. The third-order valence-corrected chi connectivity index (χ3v) is 10.7. The minimum atomic E-state index is -0.850. The summed E-state index contributed by atoms with van der Waals surface area (Å²) in [5.41, 5.74) is 1.28. The topological polar surface area (TPSA) is 94.1 Å². The molecule has 3 heterocycles. The molecular weight excluding hydrogens is 620 g/mol. The van der Waals surface area contributed by atoms with Crippen molar-refractivity contribution in [1.82, 2.24) is 20.4 Å². The molecule has 0 bridgehead atoms. The molecule has 5 atom stereocenters. The molecule has 3 N–H and O–H groups in total. The number of nitrogens with one attached hydrogen (secondary N) is 2. The van der Waals surface area contributed by atoms with Crippen molar-refractivity contribution < 1.29 is 19.4 Å². The number of rotatable bonds is 11. The van der Waals surface area contributed by atoms with Gasteiger partial charge in [-0.05, 0) is 95.5 Å². The molecule has 1 saturated carbocycles. The van der Waals surface area contributed by atoms with E-state index < -0.39 is 23.7 Å². The highest BCUT2D eigenvalue weighted by atomic mass is 79.9. The van der Waals surface area contributed by atoms with Gasteiger partial charge in [-0.15, -0.1) is 0 Å². The Morgan fingerprint density at radius 1 is 1.14 bits per heavy atom. The van der Waals surface area contributed by atoms with Crippen LogP contribution in [0.25, 0.3) is 0 Å². The first kappa shape index (κ1) is 31.5. The van der Waals surface area contributed by atoms with Crippen molar-refractivity contribution in [3.05, 3.63) is 64.1 Å². The van der Waals surface area contributed by atoms with E-state index in [4.69, 9.17) is 4.74 Å². The molecule has 3 aliphatic heterocycles. The first-order chi connectivity index (χ1) is 21.0. The molecule has 2 amide bonds. The third-order valence-electron chi connectivity index (χ3n) is 10.2. The van der Waals surface area contributed by atoms with Crippen molar-refractivity contribution in [2.75, 3.05) is 26.2 Å². The van der Waals surface area contributed by atoms with Gasteiger partial charge in [0.05, 0.1) is 12.1 Å².